The van der Waals surface area contributed by atoms with Gasteiger partial charge in [-0.3, -0.25) is 19.2 Å². The molecule has 10 heteroatoms. The molecule has 288 valence electrons. The minimum atomic E-state index is -1.05. The monoisotopic (exact) mass is 725 g/mol. The number of halogens is 2. The number of carbonyl (C=O) groups excluding carboxylic acids is 4. The number of nitrogens with one attached hydrogen (secondary N) is 1. The van der Waals surface area contributed by atoms with Gasteiger partial charge in [0, 0.05) is 69.2 Å². The van der Waals surface area contributed by atoms with E-state index in [0.717, 1.165) is 82.5 Å². The number of piperidine rings is 1. The van der Waals surface area contributed by atoms with Crippen LogP contribution in [0.1, 0.15) is 136 Å². The Morgan fingerprint density at radius 3 is 2.15 bits per heavy atom. The van der Waals surface area contributed by atoms with Gasteiger partial charge in [-0.05, 0) is 112 Å². The number of hydrogen-bond donors (Lipinski definition) is 2. The number of ketones is 1. The van der Waals surface area contributed by atoms with Gasteiger partial charge < -0.3 is 20.2 Å². The number of Topliss-reactive ketones (excluding diaryl/α,β-unsaturated/α-hetero) is 1. The number of aliphatic hydroxyl groups is 1. The highest BCUT2D eigenvalue weighted by Gasteiger charge is 2.26. The number of nitrogens with zero attached hydrogens (tertiary/aromatic N) is 2. The highest BCUT2D eigenvalue weighted by Crippen LogP contribution is 2.25. The molecule has 0 saturated carbocycles. The summed E-state index contributed by atoms with van der Waals surface area (Å²) < 4.78 is 28.2. The molecule has 2 atom stereocenters. The summed E-state index contributed by atoms with van der Waals surface area (Å²) in [6.07, 6.45) is 8.45. The molecule has 1 saturated heterocycles. The van der Waals surface area contributed by atoms with Gasteiger partial charge in [-0.2, -0.15) is 0 Å². The van der Waals surface area contributed by atoms with Crippen LogP contribution in [0, 0.1) is 30.4 Å². The molecule has 8 nitrogen and oxygen atoms in total. The summed E-state index contributed by atoms with van der Waals surface area (Å²) in [6.45, 7) is 10.9. The number of aryl methyl sites for hydroxylation is 1. The minimum absolute atomic E-state index is 0.0495. The number of carbonyl (C=O) groups is 4. The molecule has 2 aromatic rings. The van der Waals surface area contributed by atoms with Crippen LogP contribution in [0.25, 0.3) is 0 Å². The van der Waals surface area contributed by atoms with Gasteiger partial charge >= 0.3 is 0 Å². The largest absolute Gasteiger partial charge is 0.393 e. The number of benzene rings is 2. The lowest BCUT2D eigenvalue weighted by atomic mass is 9.86. The van der Waals surface area contributed by atoms with Crippen molar-refractivity contribution in [1.29, 1.82) is 0 Å². The molecule has 0 aromatic heterocycles. The maximum absolute atomic E-state index is 14.1. The molecule has 0 aliphatic carbocycles. The second kappa shape index (κ2) is 22.4. The van der Waals surface area contributed by atoms with Crippen molar-refractivity contribution < 1.29 is 33.1 Å². The fraction of sp³-hybridized carbons (Fsp3) is 0.619. The summed E-state index contributed by atoms with van der Waals surface area (Å²) in [5.41, 5.74) is 1.84. The van der Waals surface area contributed by atoms with Crippen LogP contribution in [0.4, 0.5) is 8.78 Å². The van der Waals surface area contributed by atoms with Crippen LogP contribution in [-0.2, 0) is 16.0 Å². The quantitative estimate of drug-likeness (QED) is 0.0951. The third-order valence-corrected chi connectivity index (χ3v) is 10.1. The molecule has 1 heterocycles. The molecule has 0 radical (unpaired) electrons. The van der Waals surface area contributed by atoms with Crippen molar-refractivity contribution in [3.63, 3.8) is 0 Å². The van der Waals surface area contributed by atoms with Crippen LogP contribution >= 0.6 is 0 Å². The van der Waals surface area contributed by atoms with E-state index in [9.17, 15) is 33.1 Å². The number of hydrogen-bond acceptors (Lipinski definition) is 5. The molecule has 1 aliphatic rings. The maximum Gasteiger partial charge on any atom is 0.253 e. The normalized spacial score (nSPS) is 14.6. The van der Waals surface area contributed by atoms with Gasteiger partial charge in [0.1, 0.15) is 11.6 Å². The Morgan fingerprint density at radius 2 is 1.52 bits per heavy atom. The summed E-state index contributed by atoms with van der Waals surface area (Å²) in [5, 5.41) is 14.2. The highest BCUT2D eigenvalue weighted by molar-refractivity contribution is 6.01. The van der Waals surface area contributed by atoms with Crippen molar-refractivity contribution in [2.45, 2.75) is 124 Å². The van der Waals surface area contributed by atoms with E-state index in [1.807, 2.05) is 25.7 Å². The number of amides is 3. The SMILES string of the molecule is CCCCCCC(=O)N1CCC(CCC(=O)NCC[C@H](O)[C@@H](CC(=O)c2cc(C)cc(C(=O)N(CCC)CCC)c2)Cc2cc(F)cc(F)c2)CC1. The number of rotatable bonds is 22. The van der Waals surface area contributed by atoms with Gasteiger partial charge in [-0.15, -0.1) is 0 Å². The average Bonchev–Trinajstić information content (AvgIpc) is 3.11. The molecular formula is C42H61F2N3O5. The maximum atomic E-state index is 14.1. The molecule has 3 rings (SSSR count). The molecule has 0 unspecified atom stereocenters. The van der Waals surface area contributed by atoms with Crippen LogP contribution in [0.3, 0.4) is 0 Å². The topological polar surface area (TPSA) is 107 Å². The minimum Gasteiger partial charge on any atom is -0.393 e. The molecule has 0 spiro atoms. The van der Waals surface area contributed by atoms with E-state index >= 15 is 0 Å². The van der Waals surface area contributed by atoms with Gasteiger partial charge in [0.05, 0.1) is 6.10 Å². The van der Waals surface area contributed by atoms with Gasteiger partial charge in [0.25, 0.3) is 5.91 Å². The van der Waals surface area contributed by atoms with E-state index in [1.54, 1.807) is 23.1 Å². The Kier molecular flexibility index (Phi) is 18.4. The molecule has 1 fully saturated rings. The van der Waals surface area contributed by atoms with Gasteiger partial charge in [0.2, 0.25) is 11.8 Å². The highest BCUT2D eigenvalue weighted by atomic mass is 19.1. The van der Waals surface area contributed by atoms with Crippen molar-refractivity contribution in [3.05, 3.63) is 70.3 Å². The number of likely N-dealkylation sites (tertiary alicyclic amines) is 1. The fourth-order valence-corrected chi connectivity index (χ4v) is 7.19. The summed E-state index contributed by atoms with van der Waals surface area (Å²) >= 11 is 0. The molecule has 0 bridgehead atoms. The van der Waals surface area contributed by atoms with E-state index in [-0.39, 0.29) is 49.3 Å². The summed E-state index contributed by atoms with van der Waals surface area (Å²) in [5.74, 6) is -2.13. The number of aliphatic hydroxyl groups excluding tert-OH is 1. The van der Waals surface area contributed by atoms with Crippen LogP contribution < -0.4 is 5.32 Å². The Balaban J connectivity index is 1.57. The summed E-state index contributed by atoms with van der Waals surface area (Å²) in [4.78, 5) is 56.0. The first-order chi connectivity index (χ1) is 24.9. The van der Waals surface area contributed by atoms with Gasteiger partial charge in [0.15, 0.2) is 5.78 Å². The van der Waals surface area contributed by atoms with E-state index in [4.69, 9.17) is 0 Å². The van der Waals surface area contributed by atoms with Crippen molar-refractivity contribution in [1.82, 2.24) is 15.1 Å². The lowest BCUT2D eigenvalue weighted by molar-refractivity contribution is -0.133. The zero-order chi connectivity index (χ0) is 38.0. The lowest BCUT2D eigenvalue weighted by Crippen LogP contribution is -2.38. The van der Waals surface area contributed by atoms with E-state index < -0.39 is 23.7 Å². The zero-order valence-corrected chi connectivity index (χ0v) is 31.9. The van der Waals surface area contributed by atoms with E-state index in [0.29, 0.717) is 48.5 Å². The second-order valence-corrected chi connectivity index (χ2v) is 14.6. The van der Waals surface area contributed by atoms with Crippen LogP contribution in [0.15, 0.2) is 36.4 Å². The first-order valence-corrected chi connectivity index (χ1v) is 19.6. The van der Waals surface area contributed by atoms with E-state index in [1.165, 1.54) is 12.1 Å². The second-order valence-electron chi connectivity index (χ2n) is 14.6. The number of unbranched alkanes of at least 4 members (excludes halogenated alkanes) is 3. The van der Waals surface area contributed by atoms with Crippen molar-refractivity contribution in [3.8, 4) is 0 Å². The van der Waals surface area contributed by atoms with Crippen molar-refractivity contribution in [2.75, 3.05) is 32.7 Å². The first-order valence-electron chi connectivity index (χ1n) is 19.6. The fourth-order valence-electron chi connectivity index (χ4n) is 7.19. The molecule has 1 aliphatic heterocycles. The smallest absolute Gasteiger partial charge is 0.253 e. The first kappa shape index (κ1) is 42.8. The molecule has 2 aromatic carbocycles. The Labute approximate surface area is 309 Å². The molecule has 2 N–H and O–H groups in total. The molecule has 52 heavy (non-hydrogen) atoms. The third-order valence-electron chi connectivity index (χ3n) is 10.1. The predicted octanol–water partition coefficient (Wildman–Crippen LogP) is 7.82. The Bertz CT molecular complexity index is 1430. The lowest BCUT2D eigenvalue weighted by Gasteiger charge is -2.32. The Morgan fingerprint density at radius 1 is 0.865 bits per heavy atom. The average molecular weight is 726 g/mol. The van der Waals surface area contributed by atoms with Gasteiger partial charge in [-0.1, -0.05) is 40.0 Å². The van der Waals surface area contributed by atoms with Crippen molar-refractivity contribution in [2.24, 2.45) is 11.8 Å². The van der Waals surface area contributed by atoms with Crippen LogP contribution in [-0.4, -0.2) is 77.2 Å². The standard InChI is InChI=1S/C42H61F2N3O5/c1-5-8-9-10-11-41(51)46-20-15-31(16-21-46)12-13-40(50)45-17-14-38(48)34(24-32-25-36(43)29-37(44)26-32)28-39(49)33-22-30(4)23-35(27-33)42(52)47(18-6-2)19-7-3/h22-23,25-27,29,31,34,38,48H,5-21,24,28H2,1-4H3,(H,45,50)/t34-,38+/m1/s1. The molecular weight excluding hydrogens is 664 g/mol. The van der Waals surface area contributed by atoms with Crippen LogP contribution in [0.5, 0.6) is 0 Å². The Hall–Kier alpha value is -3.66. The van der Waals surface area contributed by atoms with Crippen LogP contribution in [0.2, 0.25) is 0 Å². The summed E-state index contributed by atoms with van der Waals surface area (Å²) in [7, 11) is 0. The third kappa shape index (κ3) is 14.4. The predicted molar refractivity (Wildman–Crippen MR) is 201 cm³/mol. The summed E-state index contributed by atoms with van der Waals surface area (Å²) in [6, 6.07) is 8.25. The zero-order valence-electron chi connectivity index (χ0n) is 31.9. The molecule has 3 amide bonds. The van der Waals surface area contributed by atoms with Crippen molar-refractivity contribution >= 4 is 23.5 Å². The van der Waals surface area contributed by atoms with E-state index in [2.05, 4.69) is 12.2 Å². The van der Waals surface area contributed by atoms with Gasteiger partial charge in [-0.25, -0.2) is 8.78 Å².